The molecule has 0 aliphatic carbocycles. The molecule has 0 aliphatic heterocycles. The highest BCUT2D eigenvalue weighted by molar-refractivity contribution is 14.1. The first-order chi connectivity index (χ1) is 8.11. The van der Waals surface area contributed by atoms with Gasteiger partial charge in [-0.2, -0.15) is 0 Å². The van der Waals surface area contributed by atoms with Crippen molar-refractivity contribution in [1.29, 1.82) is 0 Å². The zero-order chi connectivity index (χ0) is 12.7. The molecular weight excluding hydrogens is 331 g/mol. The second kappa shape index (κ2) is 6.59. The summed E-state index contributed by atoms with van der Waals surface area (Å²) in [5.41, 5.74) is 11.0. The summed E-state index contributed by atoms with van der Waals surface area (Å²) in [5, 5.41) is 0. The quantitative estimate of drug-likeness (QED) is 0.541. The number of anilines is 2. The Morgan fingerprint density at radius 1 is 0.941 bits per heavy atom. The summed E-state index contributed by atoms with van der Waals surface area (Å²) in [6.45, 7) is 0. The van der Waals surface area contributed by atoms with Gasteiger partial charge in [0, 0.05) is 28.4 Å². The van der Waals surface area contributed by atoms with Gasteiger partial charge in [-0.3, -0.25) is 0 Å². The molecule has 0 aliphatic rings. The standard InChI is InChI=1S/C6H5N3.C4H4IN3/c1-2-5-3-8-6(7)9-4-5;5-3-1-7-4(6)8-2-3/h1,3-4H,(H2,7,8,9);1-2H,(H2,6,7,8). The van der Waals surface area contributed by atoms with E-state index in [0.29, 0.717) is 11.5 Å². The Morgan fingerprint density at radius 3 is 1.71 bits per heavy atom. The molecule has 4 N–H and O–H groups in total. The number of nitrogens with zero attached hydrogens (tertiary/aromatic N) is 4. The van der Waals surface area contributed by atoms with Crippen molar-refractivity contribution in [2.45, 2.75) is 0 Å². The van der Waals surface area contributed by atoms with Crippen molar-refractivity contribution in [3.63, 3.8) is 0 Å². The van der Waals surface area contributed by atoms with E-state index in [9.17, 15) is 0 Å². The Hall–Kier alpha value is -1.95. The molecule has 0 saturated carbocycles. The lowest BCUT2D eigenvalue weighted by Crippen LogP contribution is -1.93. The molecule has 17 heavy (non-hydrogen) atoms. The minimum absolute atomic E-state index is 0.244. The summed E-state index contributed by atoms with van der Waals surface area (Å²) in [4.78, 5) is 14.8. The summed E-state index contributed by atoms with van der Waals surface area (Å²) in [6.07, 6.45) is 11.4. The van der Waals surface area contributed by atoms with Gasteiger partial charge in [0.05, 0.1) is 5.56 Å². The van der Waals surface area contributed by atoms with Gasteiger partial charge >= 0.3 is 0 Å². The molecule has 0 amide bonds. The van der Waals surface area contributed by atoms with Crippen molar-refractivity contribution >= 4 is 34.5 Å². The lowest BCUT2D eigenvalue weighted by molar-refractivity contribution is 1.17. The van der Waals surface area contributed by atoms with Crippen LogP contribution in [0.4, 0.5) is 11.9 Å². The van der Waals surface area contributed by atoms with Gasteiger partial charge in [-0.05, 0) is 22.6 Å². The Bertz CT molecular complexity index is 481. The van der Waals surface area contributed by atoms with E-state index in [4.69, 9.17) is 17.9 Å². The van der Waals surface area contributed by atoms with E-state index in [1.165, 1.54) is 12.4 Å². The van der Waals surface area contributed by atoms with E-state index in [-0.39, 0.29) is 5.95 Å². The maximum absolute atomic E-state index is 5.20. The number of terminal acetylenes is 1. The first-order valence-corrected chi connectivity index (χ1v) is 5.47. The molecule has 86 valence electrons. The second-order valence-corrected chi connectivity index (χ2v) is 3.98. The first-order valence-electron chi connectivity index (χ1n) is 4.39. The molecule has 0 saturated heterocycles. The molecule has 2 aromatic rings. The van der Waals surface area contributed by atoms with Crippen molar-refractivity contribution < 1.29 is 0 Å². The second-order valence-electron chi connectivity index (χ2n) is 2.73. The minimum atomic E-state index is 0.244. The average molecular weight is 340 g/mol. The van der Waals surface area contributed by atoms with Crippen LogP contribution in [0.3, 0.4) is 0 Å². The average Bonchev–Trinajstić information content (AvgIpc) is 2.35. The van der Waals surface area contributed by atoms with Crippen LogP contribution in [0.2, 0.25) is 0 Å². The van der Waals surface area contributed by atoms with Gasteiger partial charge in [-0.25, -0.2) is 19.9 Å². The van der Waals surface area contributed by atoms with Crippen molar-refractivity contribution in [3.8, 4) is 12.3 Å². The van der Waals surface area contributed by atoms with Gasteiger partial charge in [0.15, 0.2) is 0 Å². The SMILES string of the molecule is C#Cc1cnc(N)nc1.Nc1ncc(I)cn1. The third-order valence-corrected chi connectivity index (χ3v) is 2.04. The van der Waals surface area contributed by atoms with Gasteiger partial charge in [0.25, 0.3) is 0 Å². The highest BCUT2D eigenvalue weighted by Crippen LogP contribution is 1.98. The van der Waals surface area contributed by atoms with Gasteiger partial charge in [0.1, 0.15) is 0 Å². The van der Waals surface area contributed by atoms with Crippen LogP contribution in [0.5, 0.6) is 0 Å². The number of hydrogen-bond donors (Lipinski definition) is 2. The van der Waals surface area contributed by atoms with E-state index in [1.807, 2.05) is 0 Å². The van der Waals surface area contributed by atoms with Gasteiger partial charge in [-0.1, -0.05) is 5.92 Å². The fourth-order valence-electron chi connectivity index (χ4n) is 0.735. The van der Waals surface area contributed by atoms with Gasteiger partial charge in [0.2, 0.25) is 11.9 Å². The molecule has 2 rings (SSSR count). The Kier molecular flexibility index (Phi) is 5.09. The van der Waals surface area contributed by atoms with E-state index in [1.54, 1.807) is 12.4 Å². The molecule has 0 bridgehead atoms. The number of halogens is 1. The molecule has 7 heteroatoms. The van der Waals surface area contributed by atoms with Crippen LogP contribution in [0, 0.1) is 15.9 Å². The van der Waals surface area contributed by atoms with Gasteiger partial charge < -0.3 is 11.5 Å². The minimum Gasteiger partial charge on any atom is -0.368 e. The normalized spacial score (nSPS) is 8.71. The van der Waals surface area contributed by atoms with E-state index in [0.717, 1.165) is 3.57 Å². The summed E-state index contributed by atoms with van der Waals surface area (Å²) in [5.74, 6) is 2.94. The first kappa shape index (κ1) is 13.1. The molecule has 0 atom stereocenters. The van der Waals surface area contributed by atoms with Crippen molar-refractivity contribution in [3.05, 3.63) is 33.9 Å². The molecule has 2 heterocycles. The summed E-state index contributed by atoms with van der Waals surface area (Å²) in [7, 11) is 0. The largest absolute Gasteiger partial charge is 0.368 e. The van der Waals surface area contributed by atoms with Crippen LogP contribution >= 0.6 is 22.6 Å². The lowest BCUT2D eigenvalue weighted by Gasteiger charge is -1.88. The number of rotatable bonds is 0. The number of nitrogens with two attached hydrogens (primary N) is 2. The monoisotopic (exact) mass is 340 g/mol. The molecule has 0 fully saturated rings. The van der Waals surface area contributed by atoms with E-state index in [2.05, 4.69) is 48.4 Å². The Morgan fingerprint density at radius 2 is 1.35 bits per heavy atom. The summed E-state index contributed by atoms with van der Waals surface area (Å²) in [6, 6.07) is 0. The highest BCUT2D eigenvalue weighted by Gasteiger charge is 1.86. The van der Waals surface area contributed by atoms with Crippen LogP contribution < -0.4 is 11.5 Å². The van der Waals surface area contributed by atoms with Crippen LogP contribution in [0.1, 0.15) is 5.56 Å². The molecule has 6 nitrogen and oxygen atoms in total. The zero-order valence-corrected chi connectivity index (χ0v) is 10.9. The fraction of sp³-hybridized carbons (Fsp3) is 0. The fourth-order valence-corrected chi connectivity index (χ4v) is 1.01. The predicted octanol–water partition coefficient (Wildman–Crippen LogP) is 0.703. The molecule has 2 aromatic heterocycles. The Labute approximate surface area is 112 Å². The number of nitrogen functional groups attached to an aromatic ring is 2. The van der Waals surface area contributed by atoms with Crippen LogP contribution in [-0.4, -0.2) is 19.9 Å². The molecule has 0 unspecified atom stereocenters. The highest BCUT2D eigenvalue weighted by atomic mass is 127. The van der Waals surface area contributed by atoms with E-state index < -0.39 is 0 Å². The van der Waals surface area contributed by atoms with Gasteiger partial charge in [-0.15, -0.1) is 6.42 Å². The lowest BCUT2D eigenvalue weighted by atomic mass is 10.4. The van der Waals surface area contributed by atoms with Crippen molar-refractivity contribution in [2.24, 2.45) is 0 Å². The number of hydrogen-bond acceptors (Lipinski definition) is 6. The van der Waals surface area contributed by atoms with Crippen molar-refractivity contribution in [2.75, 3.05) is 11.5 Å². The van der Waals surface area contributed by atoms with Crippen LogP contribution in [-0.2, 0) is 0 Å². The van der Waals surface area contributed by atoms with E-state index >= 15 is 0 Å². The van der Waals surface area contributed by atoms with Crippen LogP contribution in [0.25, 0.3) is 0 Å². The number of aromatic nitrogens is 4. The maximum atomic E-state index is 5.20. The third-order valence-electron chi connectivity index (χ3n) is 1.48. The maximum Gasteiger partial charge on any atom is 0.219 e. The van der Waals surface area contributed by atoms with Crippen molar-refractivity contribution in [1.82, 2.24) is 19.9 Å². The topological polar surface area (TPSA) is 104 Å². The predicted molar refractivity (Wildman–Crippen MR) is 73.5 cm³/mol. The summed E-state index contributed by atoms with van der Waals surface area (Å²) >= 11 is 2.12. The van der Waals surface area contributed by atoms with Crippen LogP contribution in [0.15, 0.2) is 24.8 Å². The molecular formula is C10H9IN6. The third kappa shape index (κ3) is 5.07. The summed E-state index contributed by atoms with van der Waals surface area (Å²) < 4.78 is 0.997. The molecule has 0 radical (unpaired) electrons. The zero-order valence-electron chi connectivity index (χ0n) is 8.71. The smallest absolute Gasteiger partial charge is 0.219 e. The Balaban J connectivity index is 0.000000171. The molecule has 0 aromatic carbocycles. The molecule has 0 spiro atoms.